The van der Waals surface area contributed by atoms with Crippen LogP contribution in [0.2, 0.25) is 0 Å². The van der Waals surface area contributed by atoms with E-state index in [2.05, 4.69) is 6.92 Å². The van der Waals surface area contributed by atoms with Crippen LogP contribution in [0.5, 0.6) is 0 Å². The molecule has 2 fully saturated rings. The highest BCUT2D eigenvalue weighted by molar-refractivity contribution is 5.90. The summed E-state index contributed by atoms with van der Waals surface area (Å²) in [5.41, 5.74) is -0.414. The normalized spacial score (nSPS) is 37.3. The van der Waals surface area contributed by atoms with Gasteiger partial charge in [0.1, 0.15) is 5.60 Å². The molecule has 2 aliphatic rings. The van der Waals surface area contributed by atoms with Gasteiger partial charge in [0.05, 0.1) is 0 Å². The Labute approximate surface area is 92.4 Å². The van der Waals surface area contributed by atoms with Crippen LogP contribution in [0.25, 0.3) is 0 Å². The first kappa shape index (κ1) is 11.1. The van der Waals surface area contributed by atoms with E-state index >= 15 is 0 Å². The standard InChI is InChI=1S/C13H22O2/c1-10-5-4-8-13(9-10,15-2)12(14)11-6-3-7-11/h10-11H,3-9H2,1-2H3. The van der Waals surface area contributed by atoms with Crippen molar-refractivity contribution in [3.63, 3.8) is 0 Å². The first-order chi connectivity index (χ1) is 7.18. The van der Waals surface area contributed by atoms with Crippen LogP contribution < -0.4 is 0 Å². The van der Waals surface area contributed by atoms with Gasteiger partial charge in [-0.05, 0) is 38.0 Å². The average molecular weight is 210 g/mol. The lowest BCUT2D eigenvalue weighted by molar-refractivity contribution is -0.154. The number of ketones is 1. The predicted octanol–water partition coefficient (Wildman–Crippen LogP) is 2.95. The summed E-state index contributed by atoms with van der Waals surface area (Å²) in [6.07, 6.45) is 7.71. The number of carbonyl (C=O) groups is 1. The maximum absolute atomic E-state index is 12.4. The van der Waals surface area contributed by atoms with Crippen LogP contribution in [0.1, 0.15) is 51.9 Å². The van der Waals surface area contributed by atoms with Crippen LogP contribution in [0.4, 0.5) is 0 Å². The molecule has 0 aliphatic heterocycles. The number of Topliss-reactive ketones (excluding diaryl/α,β-unsaturated/α-hetero) is 1. The Morgan fingerprint density at radius 3 is 2.47 bits per heavy atom. The third-order valence-corrected chi connectivity index (χ3v) is 4.27. The zero-order valence-corrected chi connectivity index (χ0v) is 9.92. The van der Waals surface area contributed by atoms with E-state index in [4.69, 9.17) is 4.74 Å². The second-order valence-electron chi connectivity index (χ2n) is 5.39. The molecule has 0 saturated heterocycles. The third-order valence-electron chi connectivity index (χ3n) is 4.27. The summed E-state index contributed by atoms with van der Waals surface area (Å²) in [4.78, 5) is 12.4. The second-order valence-corrected chi connectivity index (χ2v) is 5.39. The first-order valence-corrected chi connectivity index (χ1v) is 6.27. The van der Waals surface area contributed by atoms with Crippen LogP contribution in [-0.2, 0) is 9.53 Å². The van der Waals surface area contributed by atoms with E-state index in [0.29, 0.717) is 17.6 Å². The van der Waals surface area contributed by atoms with Gasteiger partial charge in [-0.25, -0.2) is 0 Å². The smallest absolute Gasteiger partial charge is 0.167 e. The third kappa shape index (κ3) is 1.96. The lowest BCUT2D eigenvalue weighted by atomic mass is 9.69. The van der Waals surface area contributed by atoms with Gasteiger partial charge in [0.25, 0.3) is 0 Å². The fraction of sp³-hybridized carbons (Fsp3) is 0.923. The average Bonchev–Trinajstić information content (AvgIpc) is 2.15. The van der Waals surface area contributed by atoms with Crippen molar-refractivity contribution in [1.82, 2.24) is 0 Å². The van der Waals surface area contributed by atoms with Crippen molar-refractivity contribution in [1.29, 1.82) is 0 Å². The van der Waals surface area contributed by atoms with Gasteiger partial charge in [0, 0.05) is 13.0 Å². The second kappa shape index (κ2) is 4.25. The van der Waals surface area contributed by atoms with Crippen molar-refractivity contribution in [3.8, 4) is 0 Å². The molecule has 0 N–H and O–H groups in total. The number of hydrogen-bond acceptors (Lipinski definition) is 2. The van der Waals surface area contributed by atoms with Crippen LogP contribution in [-0.4, -0.2) is 18.5 Å². The maximum Gasteiger partial charge on any atom is 0.167 e. The Hall–Kier alpha value is -0.370. The minimum Gasteiger partial charge on any atom is -0.370 e. The van der Waals surface area contributed by atoms with E-state index in [1.807, 2.05) is 0 Å². The molecule has 0 bridgehead atoms. The molecule has 15 heavy (non-hydrogen) atoms. The molecule has 0 radical (unpaired) electrons. The molecule has 0 spiro atoms. The van der Waals surface area contributed by atoms with Crippen molar-refractivity contribution in [2.45, 2.75) is 57.5 Å². The summed E-state index contributed by atoms with van der Waals surface area (Å²) in [6, 6.07) is 0. The summed E-state index contributed by atoms with van der Waals surface area (Å²) in [6.45, 7) is 2.24. The van der Waals surface area contributed by atoms with Gasteiger partial charge in [0.2, 0.25) is 0 Å². The molecular weight excluding hydrogens is 188 g/mol. The van der Waals surface area contributed by atoms with Crippen molar-refractivity contribution in [2.75, 3.05) is 7.11 Å². The van der Waals surface area contributed by atoms with Gasteiger partial charge in [-0.2, -0.15) is 0 Å². The summed E-state index contributed by atoms with van der Waals surface area (Å²) in [7, 11) is 1.72. The van der Waals surface area contributed by atoms with Gasteiger partial charge >= 0.3 is 0 Å². The van der Waals surface area contributed by atoms with Gasteiger partial charge in [0.15, 0.2) is 5.78 Å². The molecule has 2 nitrogen and oxygen atoms in total. The SMILES string of the molecule is COC1(C(=O)C2CCC2)CCCC(C)C1. The minimum absolute atomic E-state index is 0.315. The summed E-state index contributed by atoms with van der Waals surface area (Å²) < 4.78 is 5.62. The molecule has 2 rings (SSSR count). The predicted molar refractivity (Wildman–Crippen MR) is 59.7 cm³/mol. The molecule has 2 saturated carbocycles. The zero-order chi connectivity index (χ0) is 10.9. The van der Waals surface area contributed by atoms with Crippen LogP contribution >= 0.6 is 0 Å². The van der Waals surface area contributed by atoms with Crippen LogP contribution in [0, 0.1) is 11.8 Å². The lowest BCUT2D eigenvalue weighted by Crippen LogP contribution is -2.49. The Morgan fingerprint density at radius 1 is 1.27 bits per heavy atom. The molecule has 2 aliphatic carbocycles. The number of methoxy groups -OCH3 is 1. The molecule has 2 heteroatoms. The fourth-order valence-corrected chi connectivity index (χ4v) is 3.06. The van der Waals surface area contributed by atoms with Gasteiger partial charge in [-0.3, -0.25) is 4.79 Å². The quantitative estimate of drug-likeness (QED) is 0.716. The molecule has 0 aromatic rings. The molecule has 0 heterocycles. The van der Waals surface area contributed by atoms with E-state index in [1.165, 1.54) is 12.8 Å². The van der Waals surface area contributed by atoms with E-state index in [0.717, 1.165) is 32.1 Å². The van der Waals surface area contributed by atoms with E-state index in [9.17, 15) is 4.79 Å². The Kier molecular flexibility index (Phi) is 3.15. The molecular formula is C13H22O2. The number of ether oxygens (including phenoxy) is 1. The molecule has 2 unspecified atom stereocenters. The van der Waals surface area contributed by atoms with Crippen molar-refractivity contribution in [2.24, 2.45) is 11.8 Å². The van der Waals surface area contributed by atoms with Gasteiger partial charge in [-0.1, -0.05) is 19.8 Å². The monoisotopic (exact) mass is 210 g/mol. The molecule has 0 aromatic heterocycles. The highest BCUT2D eigenvalue weighted by atomic mass is 16.5. The highest BCUT2D eigenvalue weighted by Crippen LogP contribution is 2.41. The topological polar surface area (TPSA) is 26.3 Å². The van der Waals surface area contributed by atoms with E-state index in [-0.39, 0.29) is 0 Å². The highest BCUT2D eigenvalue weighted by Gasteiger charge is 2.45. The van der Waals surface area contributed by atoms with Gasteiger partial charge < -0.3 is 4.74 Å². The minimum atomic E-state index is -0.414. The Balaban J connectivity index is 2.08. The van der Waals surface area contributed by atoms with E-state index in [1.54, 1.807) is 7.11 Å². The summed E-state index contributed by atoms with van der Waals surface area (Å²) in [5, 5.41) is 0. The number of hydrogen-bond donors (Lipinski definition) is 0. The van der Waals surface area contributed by atoms with Crippen LogP contribution in [0.15, 0.2) is 0 Å². The van der Waals surface area contributed by atoms with Crippen molar-refractivity contribution < 1.29 is 9.53 Å². The summed E-state index contributed by atoms with van der Waals surface area (Å²) >= 11 is 0. The maximum atomic E-state index is 12.4. The number of rotatable bonds is 3. The van der Waals surface area contributed by atoms with Gasteiger partial charge in [-0.15, -0.1) is 0 Å². The van der Waals surface area contributed by atoms with Crippen molar-refractivity contribution in [3.05, 3.63) is 0 Å². The van der Waals surface area contributed by atoms with Crippen LogP contribution in [0.3, 0.4) is 0 Å². The molecule has 2 atom stereocenters. The zero-order valence-electron chi connectivity index (χ0n) is 9.92. The van der Waals surface area contributed by atoms with E-state index < -0.39 is 5.60 Å². The summed E-state index contributed by atoms with van der Waals surface area (Å²) in [5.74, 6) is 1.36. The lowest BCUT2D eigenvalue weighted by Gasteiger charge is -2.41. The van der Waals surface area contributed by atoms with Crippen molar-refractivity contribution >= 4 is 5.78 Å². The molecule has 0 amide bonds. The molecule has 86 valence electrons. The largest absolute Gasteiger partial charge is 0.370 e. The molecule has 0 aromatic carbocycles. The Bertz CT molecular complexity index is 245. The first-order valence-electron chi connectivity index (χ1n) is 6.27. The fourth-order valence-electron chi connectivity index (χ4n) is 3.06. The Morgan fingerprint density at radius 2 is 2.00 bits per heavy atom. The number of carbonyl (C=O) groups excluding carboxylic acids is 1.